The van der Waals surface area contributed by atoms with Crippen LogP contribution in [0.1, 0.15) is 62.3 Å². The molecule has 0 heterocycles. The lowest BCUT2D eigenvalue weighted by atomic mass is 10.2. The van der Waals surface area contributed by atoms with Gasteiger partial charge < -0.3 is 4.74 Å². The van der Waals surface area contributed by atoms with Crippen LogP contribution < -0.4 is 0 Å². The summed E-state index contributed by atoms with van der Waals surface area (Å²) in [4.78, 5) is 12.3. The number of carbonyl (C=O) groups is 1. The molecule has 0 saturated heterocycles. The molecule has 0 bridgehead atoms. The maximum atomic E-state index is 12.9. The summed E-state index contributed by atoms with van der Waals surface area (Å²) in [6.45, 7) is 12.9. The van der Waals surface area contributed by atoms with Crippen LogP contribution in [-0.4, -0.2) is 53.9 Å². The highest BCUT2D eigenvalue weighted by molar-refractivity contribution is 8.05. The highest BCUT2D eigenvalue weighted by Crippen LogP contribution is 2.31. The van der Waals surface area contributed by atoms with Crippen molar-refractivity contribution in [2.24, 2.45) is 0 Å². The summed E-state index contributed by atoms with van der Waals surface area (Å²) in [6.07, 6.45) is -1.08. The van der Waals surface area contributed by atoms with Crippen LogP contribution >= 0.6 is 0 Å². The van der Waals surface area contributed by atoms with Gasteiger partial charge in [0.2, 0.25) is 20.0 Å². The van der Waals surface area contributed by atoms with Crippen molar-refractivity contribution in [2.75, 3.05) is 7.05 Å². The average molecular weight is 387 g/mol. The van der Waals surface area contributed by atoms with Gasteiger partial charge in [0.1, 0.15) is 5.60 Å². The Morgan fingerprint density at radius 2 is 1.04 bits per heavy atom. The first-order valence-corrected chi connectivity index (χ1v) is 10.3. The van der Waals surface area contributed by atoms with E-state index in [1.54, 1.807) is 20.8 Å². The first-order valence-electron chi connectivity index (χ1n) is 7.42. The molecule has 8 nitrogen and oxygen atoms in total. The van der Waals surface area contributed by atoms with Crippen LogP contribution in [0.2, 0.25) is 0 Å². The number of amides is 1. The van der Waals surface area contributed by atoms with Crippen molar-refractivity contribution < 1.29 is 26.4 Å². The minimum Gasteiger partial charge on any atom is -0.443 e. The predicted molar refractivity (Wildman–Crippen MR) is 93.2 cm³/mol. The molecule has 0 aliphatic rings. The molecule has 0 aromatic carbocycles. The molecular formula is C14H30N2O6S2. The number of nitrogens with zero attached hydrogens (tertiary/aromatic N) is 2. The van der Waals surface area contributed by atoms with E-state index in [0.29, 0.717) is 5.01 Å². The summed E-state index contributed by atoms with van der Waals surface area (Å²) < 4.78 is 53.8. The zero-order valence-electron chi connectivity index (χ0n) is 16.2. The molecule has 0 fully saturated rings. The molecule has 0 N–H and O–H groups in total. The molecule has 0 unspecified atom stereocenters. The summed E-state index contributed by atoms with van der Waals surface area (Å²) in [5.41, 5.74) is -0.909. The number of hydrazine groups is 1. The minimum absolute atomic E-state index is 0.147. The van der Waals surface area contributed by atoms with Gasteiger partial charge in [0.05, 0.1) is 9.49 Å². The van der Waals surface area contributed by atoms with Crippen molar-refractivity contribution in [2.45, 2.75) is 77.4 Å². The Hall–Kier alpha value is -0.870. The third-order valence-corrected chi connectivity index (χ3v) is 8.45. The fourth-order valence-corrected chi connectivity index (χ4v) is 5.41. The van der Waals surface area contributed by atoms with Gasteiger partial charge in [-0.25, -0.2) is 26.6 Å². The zero-order chi connectivity index (χ0) is 19.9. The van der Waals surface area contributed by atoms with Crippen LogP contribution in [0.25, 0.3) is 0 Å². The highest BCUT2D eigenvalue weighted by Gasteiger charge is 2.51. The SMILES string of the molecule is CN(C(=O)OC(C)(C)C)N(S(=O)(=O)C(C)(C)C)S(=O)(=O)C(C)(C)C. The van der Waals surface area contributed by atoms with Crippen molar-refractivity contribution in [3.05, 3.63) is 0 Å². The number of hydrogen-bond acceptors (Lipinski definition) is 6. The molecule has 0 radical (unpaired) electrons. The molecule has 144 valence electrons. The lowest BCUT2D eigenvalue weighted by molar-refractivity contribution is 0.0108. The second kappa shape index (κ2) is 6.45. The lowest BCUT2D eigenvalue weighted by Gasteiger charge is -2.38. The van der Waals surface area contributed by atoms with Gasteiger partial charge in [-0.2, -0.15) is 0 Å². The zero-order valence-corrected chi connectivity index (χ0v) is 17.8. The fraction of sp³-hybridized carbons (Fsp3) is 0.929. The first kappa shape index (κ1) is 23.1. The fourth-order valence-electron chi connectivity index (χ4n) is 1.31. The molecular weight excluding hydrogens is 356 g/mol. The number of rotatable bonds is 3. The maximum absolute atomic E-state index is 12.9. The molecule has 0 aromatic rings. The molecule has 0 spiro atoms. The monoisotopic (exact) mass is 386 g/mol. The summed E-state index contributed by atoms with van der Waals surface area (Å²) in [5.74, 6) is 0. The topological polar surface area (TPSA) is 101 Å². The predicted octanol–water partition coefficient (Wildman–Crippen LogP) is 2.33. The molecule has 1 amide bonds. The van der Waals surface area contributed by atoms with Crippen LogP contribution in [0.15, 0.2) is 0 Å². The number of sulfonamides is 2. The van der Waals surface area contributed by atoms with Gasteiger partial charge >= 0.3 is 6.09 Å². The molecule has 0 atom stereocenters. The van der Waals surface area contributed by atoms with Crippen molar-refractivity contribution in [1.29, 1.82) is 0 Å². The van der Waals surface area contributed by atoms with E-state index in [9.17, 15) is 21.6 Å². The molecule has 0 aliphatic carbocycles. The van der Waals surface area contributed by atoms with E-state index in [-0.39, 0.29) is 3.82 Å². The Kier molecular flexibility index (Phi) is 6.22. The van der Waals surface area contributed by atoms with Crippen LogP contribution in [0, 0.1) is 0 Å². The summed E-state index contributed by atoms with van der Waals surface area (Å²) in [6, 6.07) is 0. The first-order chi connectivity index (χ1) is 10.2. The van der Waals surface area contributed by atoms with Crippen LogP contribution in [0.4, 0.5) is 4.79 Å². The Balaban J connectivity index is 6.38. The number of hydrogen-bond donors (Lipinski definition) is 0. The van der Waals surface area contributed by atoms with Crippen molar-refractivity contribution in [3.63, 3.8) is 0 Å². The quantitative estimate of drug-likeness (QED) is 0.690. The summed E-state index contributed by atoms with van der Waals surface area (Å²) in [7, 11) is -7.76. The van der Waals surface area contributed by atoms with Gasteiger partial charge in [-0.1, -0.05) is 0 Å². The Morgan fingerprint density at radius 3 is 1.25 bits per heavy atom. The lowest BCUT2D eigenvalue weighted by Crippen LogP contribution is -2.59. The largest absolute Gasteiger partial charge is 0.443 e. The standard InChI is InChI=1S/C14H30N2O6S2/c1-12(2,3)22-11(17)15(10)16(23(18,19)13(4,5)6)24(20,21)14(7,8)9/h1-10H3. The van der Waals surface area contributed by atoms with Gasteiger partial charge in [0.15, 0.2) is 0 Å². The Labute approximate surface area is 146 Å². The molecule has 0 saturated carbocycles. The van der Waals surface area contributed by atoms with Gasteiger partial charge in [0, 0.05) is 10.9 Å². The van der Waals surface area contributed by atoms with E-state index in [4.69, 9.17) is 4.74 Å². The van der Waals surface area contributed by atoms with Gasteiger partial charge in [0.25, 0.3) is 0 Å². The van der Waals surface area contributed by atoms with E-state index >= 15 is 0 Å². The van der Waals surface area contributed by atoms with Gasteiger partial charge in [-0.15, -0.1) is 0 Å². The Morgan fingerprint density at radius 1 is 0.750 bits per heavy atom. The van der Waals surface area contributed by atoms with Crippen LogP contribution in [0.5, 0.6) is 0 Å². The average Bonchev–Trinajstić information content (AvgIpc) is 2.22. The van der Waals surface area contributed by atoms with Gasteiger partial charge in [-0.3, -0.25) is 0 Å². The van der Waals surface area contributed by atoms with E-state index in [2.05, 4.69) is 0 Å². The smallest absolute Gasteiger partial charge is 0.426 e. The van der Waals surface area contributed by atoms with E-state index < -0.39 is 41.2 Å². The second-order valence-electron chi connectivity index (χ2n) is 8.42. The maximum Gasteiger partial charge on any atom is 0.426 e. The van der Waals surface area contributed by atoms with Crippen molar-refractivity contribution in [3.8, 4) is 0 Å². The molecule has 0 rings (SSSR count). The normalized spacial score (nSPS) is 14.6. The summed E-state index contributed by atoms with van der Waals surface area (Å²) >= 11 is 0. The summed E-state index contributed by atoms with van der Waals surface area (Å²) in [5, 5.41) is 0.492. The molecule has 10 heteroatoms. The van der Waals surface area contributed by atoms with Crippen molar-refractivity contribution >= 4 is 26.1 Å². The highest BCUT2D eigenvalue weighted by atomic mass is 32.3. The van der Waals surface area contributed by atoms with E-state index in [1.165, 1.54) is 41.5 Å². The Bertz CT molecular complexity index is 632. The van der Waals surface area contributed by atoms with Crippen LogP contribution in [-0.2, 0) is 24.8 Å². The van der Waals surface area contributed by atoms with Gasteiger partial charge in [-0.05, 0) is 62.3 Å². The third-order valence-electron chi connectivity index (χ3n) is 2.86. The number of carbonyl (C=O) groups excluding carboxylic acids is 1. The minimum atomic E-state index is -4.41. The molecule has 0 aromatic heterocycles. The van der Waals surface area contributed by atoms with E-state index in [1.807, 2.05) is 0 Å². The number of ether oxygens (including phenoxy) is 1. The third kappa shape index (κ3) is 4.82. The molecule has 0 aliphatic heterocycles. The van der Waals surface area contributed by atoms with Crippen LogP contribution in [0.3, 0.4) is 0 Å². The van der Waals surface area contributed by atoms with Crippen molar-refractivity contribution in [1.82, 2.24) is 8.83 Å². The van der Waals surface area contributed by atoms with E-state index in [0.717, 1.165) is 7.05 Å². The molecule has 24 heavy (non-hydrogen) atoms. The second-order valence-corrected chi connectivity index (χ2v) is 13.7.